The van der Waals surface area contributed by atoms with Crippen molar-refractivity contribution in [2.45, 2.75) is 145 Å². The van der Waals surface area contributed by atoms with Gasteiger partial charge in [0.1, 0.15) is 54.2 Å². The predicted octanol–water partition coefficient (Wildman–Crippen LogP) is -6.84. The van der Waals surface area contributed by atoms with Crippen molar-refractivity contribution in [1.82, 2.24) is 36.4 Å². The molecule has 31 nitrogen and oxygen atoms in total. The van der Waals surface area contributed by atoms with Crippen molar-refractivity contribution in [1.29, 1.82) is 0 Å². The van der Waals surface area contributed by atoms with E-state index in [2.05, 4.69) is 52.7 Å². The number of hydrogen-bond donors (Lipinski definition) is 14. The van der Waals surface area contributed by atoms with Gasteiger partial charge < -0.3 is 107 Å². The predicted molar refractivity (Wildman–Crippen MR) is 315 cm³/mol. The standard InChI is InChI=1S/C58H80N10O21S.Na/c1-4-5-6-7-22-86-38-15-13-35(14-16-38)66-20-18-65(19-21-66)34-11-8-32(9-12-34)52(78)61-39-24-36(70)27-60-56(82)48-49(75)30(2)28-68(48)58(84)46(42(73)26-44(59)74)63-55(81)47(51(77)50(76)33-10-17-41(72)43(23-33)87-90-89-88-85)64-54(80)40-25-37(71)29-67(40)57(83)45(31(3)69)62-53(39)79;/h8-17,23,30-31,36-37,39-40,42,45-51,69-73,75-77,85H,4-7,18-22,24-29H2,1-3H3,(H2,59,74)(H,60,82)(H,61,78)(H,62,79)(H,63,81)(H,64,80);/q;+1/p-1/t30?,31?,36?,37?,39-,40?,42?,45?,46?,47?,48?,49?,50?,51?;/m0./s1. The SMILES string of the molecule is CCCCCCOc1ccc(N2CCN(c3ccc(C(=O)N[C@H]4CC(O)CNC(=O)C5C(O)C(C)CN5C(=O)C(C(O)CC(N)=O)NC(=O)C(C(O)C(O)c5ccc(O)c(OSOO[O-])c5)NC(=O)C5CC(O)CN5C(=O)C(C(C)O)NC4=O)cc3)CC2)cc1.[Na+]. The van der Waals surface area contributed by atoms with Crippen molar-refractivity contribution in [3.8, 4) is 17.2 Å². The molecule has 0 saturated carbocycles. The number of carbonyl (C=O) groups is 8. The van der Waals surface area contributed by atoms with E-state index in [0.29, 0.717) is 32.8 Å². The zero-order valence-corrected chi connectivity index (χ0v) is 53.5. The van der Waals surface area contributed by atoms with Gasteiger partial charge in [0.15, 0.2) is 11.5 Å². The Kier molecular flexibility index (Phi) is 27.7. The van der Waals surface area contributed by atoms with Crippen LogP contribution in [0.3, 0.4) is 0 Å². The number of phenolic OH excluding ortho intramolecular Hbond substituents is 1. The number of ether oxygens (including phenoxy) is 1. The Hall–Kier alpha value is -6.63. The van der Waals surface area contributed by atoms with Gasteiger partial charge in [0.05, 0.1) is 43.5 Å². The zero-order chi connectivity index (χ0) is 65.5. The largest absolute Gasteiger partial charge is 1.00 e. The molecule has 13 unspecified atom stereocenters. The number of phenols is 1. The van der Waals surface area contributed by atoms with Gasteiger partial charge in [0.2, 0.25) is 41.4 Å². The number of rotatable bonds is 21. The number of anilines is 2. The minimum atomic E-state index is -2.53. The van der Waals surface area contributed by atoms with Crippen LogP contribution in [0.5, 0.6) is 17.2 Å². The molecular formula is C58H79N10NaO21S. The molecule has 3 aromatic carbocycles. The van der Waals surface area contributed by atoms with Gasteiger partial charge in [-0.05, 0) is 79.6 Å². The molecule has 7 rings (SSSR count). The zero-order valence-electron chi connectivity index (χ0n) is 50.7. The third-order valence-electron chi connectivity index (χ3n) is 16.2. The first-order chi connectivity index (χ1) is 42.9. The van der Waals surface area contributed by atoms with Gasteiger partial charge >= 0.3 is 29.6 Å². The second kappa shape index (κ2) is 34.3. The molecule has 0 aliphatic carbocycles. The molecule has 4 aliphatic rings. The number of hydrogen-bond acceptors (Lipinski definition) is 24. The number of β-amino-alcohol motifs (C(OH)–C–C–N with tert-alkyl or cyclic N) is 1. The maximum absolute atomic E-state index is 14.7. The molecule has 4 fully saturated rings. The number of carbonyl (C=O) groups excluding carboxylic acids is 8. The molecule has 14 atom stereocenters. The summed E-state index contributed by atoms with van der Waals surface area (Å²) in [5.74, 6) is -11.0. The van der Waals surface area contributed by atoms with Gasteiger partial charge in [-0.2, -0.15) is 0 Å². The van der Waals surface area contributed by atoms with Gasteiger partial charge in [-0.3, -0.25) is 43.4 Å². The summed E-state index contributed by atoms with van der Waals surface area (Å²) in [6.07, 6.45) is -11.6. The average Bonchev–Trinajstić information content (AvgIpc) is 2.07. The van der Waals surface area contributed by atoms with Crippen LogP contribution < -0.4 is 85.9 Å². The van der Waals surface area contributed by atoms with Crippen LogP contribution in [-0.2, 0) is 42.9 Å². The fourth-order valence-electron chi connectivity index (χ4n) is 11.2. The summed E-state index contributed by atoms with van der Waals surface area (Å²) in [6.45, 7) is 6.22. The van der Waals surface area contributed by atoms with E-state index in [1.807, 2.05) is 24.3 Å². The van der Waals surface area contributed by atoms with Gasteiger partial charge in [0.25, 0.3) is 18.2 Å². The van der Waals surface area contributed by atoms with Crippen LogP contribution in [0.15, 0.2) is 66.7 Å². The van der Waals surface area contributed by atoms with E-state index < -0.39 is 183 Å². The van der Waals surface area contributed by atoms with Crippen LogP contribution in [0.1, 0.15) is 87.7 Å². The van der Waals surface area contributed by atoms with Crippen LogP contribution in [-0.4, -0.2) is 223 Å². The van der Waals surface area contributed by atoms with Gasteiger partial charge in [-0.15, -0.1) is 4.33 Å². The number of nitrogens with zero attached hydrogens (tertiary/aromatic N) is 4. The van der Waals surface area contributed by atoms with Crippen molar-refractivity contribution in [2.75, 3.05) is 62.2 Å². The molecule has 0 radical (unpaired) electrons. The Bertz CT molecular complexity index is 2970. The topological polar surface area (TPSA) is 458 Å². The number of aromatic hydroxyl groups is 1. The summed E-state index contributed by atoms with van der Waals surface area (Å²) >= 11 is -0.0814. The normalized spacial score (nSPS) is 26.1. The Balaban J connectivity index is 0.0000132. The number of fused-ring (bicyclic) bond motifs is 2. The van der Waals surface area contributed by atoms with E-state index in [4.69, 9.17) is 14.7 Å². The number of nitrogens with one attached hydrogen (secondary N) is 5. The Morgan fingerprint density at radius 2 is 1.37 bits per heavy atom. The number of benzene rings is 3. The monoisotopic (exact) mass is 1310 g/mol. The second-order valence-electron chi connectivity index (χ2n) is 22.8. The van der Waals surface area contributed by atoms with Crippen molar-refractivity contribution < 1.29 is 132 Å². The number of aliphatic hydroxyl groups excluding tert-OH is 7. The molecule has 4 aliphatic heterocycles. The maximum atomic E-state index is 14.7. The third-order valence-corrected chi connectivity index (χ3v) is 16.5. The van der Waals surface area contributed by atoms with Crippen molar-refractivity contribution in [2.24, 2.45) is 11.7 Å². The van der Waals surface area contributed by atoms with E-state index in [1.165, 1.54) is 25.5 Å². The van der Waals surface area contributed by atoms with Crippen LogP contribution in [0.25, 0.3) is 0 Å². The number of amides is 8. The molecule has 4 heterocycles. The second-order valence-corrected chi connectivity index (χ2v) is 23.2. The smallest absolute Gasteiger partial charge is 0.691 e. The summed E-state index contributed by atoms with van der Waals surface area (Å²) in [5, 5.41) is 116. The summed E-state index contributed by atoms with van der Waals surface area (Å²) in [4.78, 5) is 119. The van der Waals surface area contributed by atoms with Gasteiger partial charge in [-0.25, -0.2) is 0 Å². The fraction of sp³-hybridized carbons (Fsp3) is 0.552. The van der Waals surface area contributed by atoms with E-state index in [1.54, 1.807) is 12.1 Å². The van der Waals surface area contributed by atoms with Crippen LogP contribution in [0, 0.1) is 5.92 Å². The summed E-state index contributed by atoms with van der Waals surface area (Å²) in [5.41, 5.74) is 6.92. The first-order valence-corrected chi connectivity index (χ1v) is 30.2. The van der Waals surface area contributed by atoms with E-state index >= 15 is 0 Å². The molecule has 33 heteroatoms. The molecule has 15 N–H and O–H groups in total. The van der Waals surface area contributed by atoms with Crippen molar-refractivity contribution >= 4 is 71.0 Å². The molecule has 0 aromatic heterocycles. The number of aliphatic hydroxyl groups is 7. The Morgan fingerprint density at radius 1 is 0.758 bits per heavy atom. The van der Waals surface area contributed by atoms with E-state index in [9.17, 15) is 84.5 Å². The Morgan fingerprint density at radius 3 is 1.99 bits per heavy atom. The fourth-order valence-corrected chi connectivity index (χ4v) is 11.5. The molecule has 0 bridgehead atoms. The number of nitrogens with two attached hydrogens (primary N) is 1. The molecule has 0 spiro atoms. The van der Waals surface area contributed by atoms with Crippen LogP contribution in [0.4, 0.5) is 11.4 Å². The number of primary amides is 1. The maximum Gasteiger partial charge on any atom is 1.00 e. The van der Waals surface area contributed by atoms with Crippen molar-refractivity contribution in [3.63, 3.8) is 0 Å². The van der Waals surface area contributed by atoms with Crippen molar-refractivity contribution in [3.05, 3.63) is 77.9 Å². The van der Waals surface area contributed by atoms with E-state index in [0.717, 1.165) is 71.3 Å². The van der Waals surface area contributed by atoms with Crippen LogP contribution in [0.2, 0.25) is 0 Å². The number of unbranched alkanes of at least 4 members (excludes halogenated alkanes) is 3. The quantitative estimate of drug-likeness (QED) is 0.0155. The third kappa shape index (κ3) is 19.2. The minimum absolute atomic E-state index is 0. The van der Waals surface area contributed by atoms with Gasteiger partial charge in [0, 0.05) is 81.5 Å². The van der Waals surface area contributed by atoms with E-state index in [-0.39, 0.29) is 53.0 Å². The summed E-state index contributed by atoms with van der Waals surface area (Å²) in [7, 11) is 0. The molecule has 3 aromatic rings. The minimum Gasteiger partial charge on any atom is -0.691 e. The number of piperazine rings is 1. The molecule has 91 heavy (non-hydrogen) atoms. The molecule has 8 amide bonds. The van der Waals surface area contributed by atoms with Crippen LogP contribution >= 0.6 is 12.3 Å². The Labute approximate surface area is 550 Å². The summed E-state index contributed by atoms with van der Waals surface area (Å²) in [6, 6.07) is 5.12. The average molecular weight is 1310 g/mol. The van der Waals surface area contributed by atoms with Gasteiger partial charge in [-0.1, -0.05) is 39.2 Å². The first kappa shape index (κ1) is 73.4. The molecule has 4 saturated heterocycles. The molecule has 494 valence electrons. The molecular weight excluding hydrogens is 1230 g/mol. The first-order valence-electron chi connectivity index (χ1n) is 29.5. The summed E-state index contributed by atoms with van der Waals surface area (Å²) < 4.78 is 15.0.